The molecule has 0 radical (unpaired) electrons. The molecule has 1 unspecified atom stereocenters. The topological polar surface area (TPSA) is 0 Å². The highest BCUT2D eigenvalue weighted by atomic mass is 14.1. The van der Waals surface area contributed by atoms with Crippen molar-refractivity contribution in [3.63, 3.8) is 0 Å². The maximum absolute atomic E-state index is 3.92. The smallest absolute Gasteiger partial charge is 0.0648 e. The molecule has 0 saturated heterocycles. The van der Waals surface area contributed by atoms with Crippen molar-refractivity contribution in [3.8, 4) is 0 Å². The summed E-state index contributed by atoms with van der Waals surface area (Å²) in [6.45, 7) is 8.41. The molecule has 1 atom stereocenters. The zero-order valence-corrected chi connectivity index (χ0v) is 8.01. The van der Waals surface area contributed by atoms with Gasteiger partial charge in [0.1, 0.15) is 5.57 Å². The molecular weight excluding hydrogens is 144 g/mol. The van der Waals surface area contributed by atoms with E-state index in [9.17, 15) is 0 Å². The van der Waals surface area contributed by atoms with Crippen molar-refractivity contribution in [2.24, 2.45) is 5.92 Å². The fourth-order valence-electron chi connectivity index (χ4n) is 1.29. The molecule has 0 heterocycles. The molecule has 0 nitrogen and oxygen atoms in total. The standard InChI is InChI=1S/C12H17/c1-4-11(3)12-7-5-6-10(2)8-9-12/h6-9,11H,2,4-5H2,1,3H3/q+1. The lowest BCUT2D eigenvalue weighted by molar-refractivity contribution is 0.668. The summed E-state index contributed by atoms with van der Waals surface area (Å²) in [4.78, 5) is 0. The summed E-state index contributed by atoms with van der Waals surface area (Å²) in [7, 11) is 0. The molecule has 1 rings (SSSR count). The lowest BCUT2D eigenvalue weighted by Crippen LogP contribution is -1.93. The van der Waals surface area contributed by atoms with E-state index in [4.69, 9.17) is 0 Å². The van der Waals surface area contributed by atoms with E-state index >= 15 is 0 Å². The van der Waals surface area contributed by atoms with Crippen LogP contribution in [-0.2, 0) is 0 Å². The van der Waals surface area contributed by atoms with Crippen molar-refractivity contribution in [1.82, 2.24) is 0 Å². The van der Waals surface area contributed by atoms with Crippen LogP contribution in [0.5, 0.6) is 0 Å². The van der Waals surface area contributed by atoms with Gasteiger partial charge in [0.2, 0.25) is 0 Å². The first-order valence-corrected chi connectivity index (χ1v) is 4.64. The summed E-state index contributed by atoms with van der Waals surface area (Å²) in [6.07, 6.45) is 11.0. The number of allylic oxidation sites excluding steroid dienone is 5. The van der Waals surface area contributed by atoms with Crippen LogP contribution in [-0.4, -0.2) is 0 Å². The molecule has 0 aromatic rings. The van der Waals surface area contributed by atoms with Crippen LogP contribution in [0.2, 0.25) is 0 Å². The monoisotopic (exact) mass is 161 g/mol. The van der Waals surface area contributed by atoms with E-state index in [1.54, 1.807) is 0 Å². The van der Waals surface area contributed by atoms with E-state index in [0.29, 0.717) is 5.92 Å². The third-order valence-electron chi connectivity index (χ3n) is 2.40. The summed E-state index contributed by atoms with van der Waals surface area (Å²) in [5.41, 5.74) is 2.58. The molecule has 12 heavy (non-hydrogen) atoms. The minimum atomic E-state index is 0.681. The third-order valence-corrected chi connectivity index (χ3v) is 2.40. The van der Waals surface area contributed by atoms with Crippen molar-refractivity contribution < 1.29 is 0 Å². The molecule has 0 saturated carbocycles. The minimum absolute atomic E-state index is 0.681. The average molecular weight is 161 g/mol. The maximum Gasteiger partial charge on any atom is 0.122 e. The van der Waals surface area contributed by atoms with E-state index < -0.39 is 0 Å². The third kappa shape index (κ3) is 2.30. The summed E-state index contributed by atoms with van der Waals surface area (Å²) < 4.78 is 0. The predicted octanol–water partition coefficient (Wildman–Crippen LogP) is 3.68. The van der Waals surface area contributed by atoms with E-state index in [0.717, 1.165) is 12.0 Å². The summed E-state index contributed by atoms with van der Waals surface area (Å²) in [5.74, 6) is 0.681. The molecule has 0 spiro atoms. The molecule has 0 aromatic carbocycles. The predicted molar refractivity (Wildman–Crippen MR) is 54.7 cm³/mol. The molecule has 0 aromatic heterocycles. The van der Waals surface area contributed by atoms with Crippen LogP contribution in [0, 0.1) is 12.3 Å². The van der Waals surface area contributed by atoms with E-state index in [1.807, 2.05) is 0 Å². The molecule has 1 aliphatic carbocycles. The summed E-state index contributed by atoms with van der Waals surface area (Å²) >= 11 is 0. The molecule has 0 amide bonds. The van der Waals surface area contributed by atoms with Crippen molar-refractivity contribution in [2.75, 3.05) is 0 Å². The van der Waals surface area contributed by atoms with Gasteiger partial charge in [-0.1, -0.05) is 19.9 Å². The largest absolute Gasteiger partial charge is 0.122 e. The quantitative estimate of drug-likeness (QED) is 0.542. The van der Waals surface area contributed by atoms with Crippen LogP contribution in [0.15, 0.2) is 36.0 Å². The van der Waals surface area contributed by atoms with Crippen molar-refractivity contribution in [3.05, 3.63) is 42.4 Å². The first kappa shape index (κ1) is 9.18. The van der Waals surface area contributed by atoms with Crippen LogP contribution in [0.3, 0.4) is 0 Å². The molecule has 1 aliphatic rings. The Morgan fingerprint density at radius 3 is 3.00 bits per heavy atom. The van der Waals surface area contributed by atoms with Crippen LogP contribution in [0.25, 0.3) is 0 Å². The first-order chi connectivity index (χ1) is 5.74. The maximum atomic E-state index is 3.92. The molecule has 0 N–H and O–H groups in total. The van der Waals surface area contributed by atoms with Gasteiger partial charge < -0.3 is 0 Å². The van der Waals surface area contributed by atoms with Gasteiger partial charge in [0.25, 0.3) is 0 Å². The second-order valence-corrected chi connectivity index (χ2v) is 3.36. The molecule has 0 heteroatoms. The Hall–Kier alpha value is -0.910. The van der Waals surface area contributed by atoms with Gasteiger partial charge in [-0.05, 0) is 24.0 Å². The van der Waals surface area contributed by atoms with E-state index in [2.05, 4.69) is 45.1 Å². The van der Waals surface area contributed by atoms with E-state index in [-0.39, 0.29) is 0 Å². The molecule has 0 fully saturated rings. The first-order valence-electron chi connectivity index (χ1n) is 4.64. The summed E-state index contributed by atoms with van der Waals surface area (Å²) in [6, 6.07) is 0. The highest BCUT2D eigenvalue weighted by Gasteiger charge is 2.08. The Morgan fingerprint density at radius 1 is 1.58 bits per heavy atom. The van der Waals surface area contributed by atoms with Gasteiger partial charge in [-0.3, -0.25) is 0 Å². The lowest BCUT2D eigenvalue weighted by atomic mass is 9.98. The van der Waals surface area contributed by atoms with Gasteiger partial charge in [-0.2, -0.15) is 0 Å². The Balaban J connectivity index is 2.69. The van der Waals surface area contributed by atoms with Crippen LogP contribution < -0.4 is 0 Å². The molecule has 64 valence electrons. The Bertz CT molecular complexity index is 218. The second-order valence-electron chi connectivity index (χ2n) is 3.36. The molecule has 0 bridgehead atoms. The van der Waals surface area contributed by atoms with Crippen molar-refractivity contribution in [1.29, 1.82) is 0 Å². The average Bonchev–Trinajstić information content (AvgIpc) is 2.29. The van der Waals surface area contributed by atoms with Crippen LogP contribution in [0.4, 0.5) is 0 Å². The Morgan fingerprint density at radius 2 is 2.33 bits per heavy atom. The number of hydrogen-bond acceptors (Lipinski definition) is 0. The Labute approximate surface area is 75.7 Å². The number of rotatable bonds is 2. The highest BCUT2D eigenvalue weighted by Crippen LogP contribution is 2.21. The van der Waals surface area contributed by atoms with Gasteiger partial charge in [-0.15, -0.1) is 0 Å². The molecular formula is C12H17+. The van der Waals surface area contributed by atoms with Gasteiger partial charge in [0.15, 0.2) is 0 Å². The minimum Gasteiger partial charge on any atom is -0.0648 e. The number of hydrogen-bond donors (Lipinski definition) is 0. The molecule has 0 aliphatic heterocycles. The van der Waals surface area contributed by atoms with Gasteiger partial charge in [0, 0.05) is 25.5 Å². The van der Waals surface area contributed by atoms with E-state index in [1.165, 1.54) is 12.0 Å². The zero-order chi connectivity index (χ0) is 8.97. The van der Waals surface area contributed by atoms with Crippen LogP contribution >= 0.6 is 0 Å². The van der Waals surface area contributed by atoms with Crippen molar-refractivity contribution in [2.45, 2.75) is 26.7 Å². The second kappa shape index (κ2) is 4.20. The summed E-state index contributed by atoms with van der Waals surface area (Å²) in [5, 5.41) is 0. The van der Waals surface area contributed by atoms with Gasteiger partial charge in [-0.25, -0.2) is 0 Å². The van der Waals surface area contributed by atoms with Crippen molar-refractivity contribution >= 4 is 0 Å². The highest BCUT2D eigenvalue weighted by molar-refractivity contribution is 5.35. The SMILES string of the molecule is C=C1C=CC(C(C)CC)=CC[CH+]1. The van der Waals surface area contributed by atoms with Crippen LogP contribution in [0.1, 0.15) is 26.7 Å². The fraction of sp³-hybridized carbons (Fsp3) is 0.417. The zero-order valence-electron chi connectivity index (χ0n) is 8.01. The lowest BCUT2D eigenvalue weighted by Gasteiger charge is -2.07. The van der Waals surface area contributed by atoms with Gasteiger partial charge in [0.05, 0.1) is 0 Å². The van der Waals surface area contributed by atoms with Gasteiger partial charge >= 0.3 is 0 Å². The fourth-order valence-corrected chi connectivity index (χ4v) is 1.29. The normalized spacial score (nSPS) is 19.5. The Kier molecular flexibility index (Phi) is 3.21.